The van der Waals surface area contributed by atoms with Crippen molar-refractivity contribution in [2.45, 2.75) is 19.8 Å². The summed E-state index contributed by atoms with van der Waals surface area (Å²) in [4.78, 5) is 35.2. The molecule has 0 aliphatic rings. The number of carbonyl (C=O) groups is 3. The highest BCUT2D eigenvalue weighted by atomic mass is 35.5. The van der Waals surface area contributed by atoms with E-state index in [0.29, 0.717) is 16.4 Å². The standard InChI is InChI=1S/C19H19ClN2O4/c1-13-7-8-15(11-16(13)20)22-18(24)12-26-19(25)10-9-17(23)21-14-5-3-2-4-6-14/h2-8,11H,9-10,12H2,1H3,(H,21,23)(H,22,24). The van der Waals surface area contributed by atoms with E-state index in [1.54, 1.807) is 42.5 Å². The molecule has 0 unspecified atom stereocenters. The molecule has 0 atom stereocenters. The van der Waals surface area contributed by atoms with Gasteiger partial charge < -0.3 is 15.4 Å². The average Bonchev–Trinajstić information content (AvgIpc) is 2.62. The largest absolute Gasteiger partial charge is 0.456 e. The average molecular weight is 375 g/mol. The molecule has 0 bridgehead atoms. The monoisotopic (exact) mass is 374 g/mol. The number of amides is 2. The Morgan fingerprint density at radius 3 is 2.31 bits per heavy atom. The van der Waals surface area contributed by atoms with E-state index in [4.69, 9.17) is 16.3 Å². The van der Waals surface area contributed by atoms with E-state index >= 15 is 0 Å². The zero-order valence-electron chi connectivity index (χ0n) is 14.3. The summed E-state index contributed by atoms with van der Waals surface area (Å²) in [7, 11) is 0. The maximum atomic E-state index is 11.8. The van der Waals surface area contributed by atoms with Gasteiger partial charge in [0.15, 0.2) is 6.61 Å². The second kappa shape index (κ2) is 9.58. The lowest BCUT2D eigenvalue weighted by Gasteiger charge is -2.08. The predicted molar refractivity (Wildman–Crippen MR) is 100 cm³/mol. The maximum absolute atomic E-state index is 11.8. The SMILES string of the molecule is Cc1ccc(NC(=O)COC(=O)CCC(=O)Nc2ccccc2)cc1Cl. The van der Waals surface area contributed by atoms with Gasteiger partial charge in [0.25, 0.3) is 5.91 Å². The Morgan fingerprint density at radius 1 is 0.923 bits per heavy atom. The fraction of sp³-hybridized carbons (Fsp3) is 0.211. The van der Waals surface area contributed by atoms with Crippen LogP contribution in [0.15, 0.2) is 48.5 Å². The zero-order valence-corrected chi connectivity index (χ0v) is 15.0. The number of esters is 1. The summed E-state index contributed by atoms with van der Waals surface area (Å²) in [5.74, 6) is -1.40. The lowest BCUT2D eigenvalue weighted by Crippen LogP contribution is -2.21. The molecule has 0 radical (unpaired) electrons. The van der Waals surface area contributed by atoms with Crippen LogP contribution in [-0.2, 0) is 19.1 Å². The fourth-order valence-corrected chi connectivity index (χ4v) is 2.23. The van der Waals surface area contributed by atoms with E-state index in [1.165, 1.54) is 0 Å². The summed E-state index contributed by atoms with van der Waals surface area (Å²) in [6.45, 7) is 1.42. The van der Waals surface area contributed by atoms with E-state index in [-0.39, 0.29) is 18.7 Å². The topological polar surface area (TPSA) is 84.5 Å². The molecule has 0 aliphatic carbocycles. The Balaban J connectivity index is 1.68. The number of hydrogen-bond donors (Lipinski definition) is 2. The molecule has 26 heavy (non-hydrogen) atoms. The summed E-state index contributed by atoms with van der Waals surface area (Å²) >= 11 is 5.98. The van der Waals surface area contributed by atoms with Gasteiger partial charge in [-0.05, 0) is 36.8 Å². The lowest BCUT2D eigenvalue weighted by molar-refractivity contribution is -0.147. The molecule has 0 aromatic heterocycles. The van der Waals surface area contributed by atoms with Crippen molar-refractivity contribution in [3.63, 3.8) is 0 Å². The molecule has 2 aromatic rings. The Bertz CT molecular complexity index is 793. The van der Waals surface area contributed by atoms with Crippen molar-refractivity contribution >= 4 is 40.8 Å². The molecule has 0 fully saturated rings. The van der Waals surface area contributed by atoms with Crippen molar-refractivity contribution in [1.29, 1.82) is 0 Å². The van der Waals surface area contributed by atoms with Gasteiger partial charge in [-0.2, -0.15) is 0 Å². The zero-order chi connectivity index (χ0) is 18.9. The van der Waals surface area contributed by atoms with Gasteiger partial charge in [-0.25, -0.2) is 0 Å². The minimum Gasteiger partial charge on any atom is -0.456 e. The van der Waals surface area contributed by atoms with Crippen LogP contribution in [0.1, 0.15) is 18.4 Å². The molecule has 2 rings (SSSR count). The minimum atomic E-state index is -0.620. The van der Waals surface area contributed by atoms with Gasteiger partial charge in [0.1, 0.15) is 0 Å². The first-order chi connectivity index (χ1) is 12.4. The van der Waals surface area contributed by atoms with Crippen LogP contribution in [0.4, 0.5) is 11.4 Å². The second-order valence-electron chi connectivity index (χ2n) is 5.59. The Morgan fingerprint density at radius 2 is 1.62 bits per heavy atom. The number of hydrogen-bond acceptors (Lipinski definition) is 4. The number of halogens is 1. The van der Waals surface area contributed by atoms with Crippen LogP contribution >= 0.6 is 11.6 Å². The molecule has 0 saturated heterocycles. The summed E-state index contributed by atoms with van der Waals surface area (Å²) in [6, 6.07) is 14.0. The number of rotatable bonds is 7. The Hall–Kier alpha value is -2.86. The Kier molecular flexibility index (Phi) is 7.17. The van der Waals surface area contributed by atoms with Gasteiger partial charge >= 0.3 is 5.97 Å². The van der Waals surface area contributed by atoms with E-state index < -0.39 is 18.5 Å². The number of para-hydroxylation sites is 1. The number of anilines is 2. The number of ether oxygens (including phenoxy) is 1. The molecule has 0 saturated carbocycles. The molecule has 136 valence electrons. The van der Waals surface area contributed by atoms with Crippen molar-refractivity contribution in [1.82, 2.24) is 0 Å². The number of carbonyl (C=O) groups excluding carboxylic acids is 3. The highest BCUT2D eigenvalue weighted by Gasteiger charge is 2.11. The maximum Gasteiger partial charge on any atom is 0.306 e. The third-order valence-corrected chi connectivity index (χ3v) is 3.84. The number of aryl methyl sites for hydroxylation is 1. The highest BCUT2D eigenvalue weighted by Crippen LogP contribution is 2.19. The van der Waals surface area contributed by atoms with E-state index in [2.05, 4.69) is 10.6 Å². The molecular formula is C19H19ClN2O4. The van der Waals surface area contributed by atoms with Gasteiger partial charge in [-0.1, -0.05) is 35.9 Å². The first kappa shape index (κ1) is 19.5. The molecule has 2 N–H and O–H groups in total. The van der Waals surface area contributed by atoms with Crippen LogP contribution in [0.5, 0.6) is 0 Å². The van der Waals surface area contributed by atoms with Crippen LogP contribution in [0.25, 0.3) is 0 Å². The molecule has 0 heterocycles. The van der Waals surface area contributed by atoms with Crippen molar-refractivity contribution in [2.24, 2.45) is 0 Å². The normalized spacial score (nSPS) is 10.1. The first-order valence-corrected chi connectivity index (χ1v) is 8.38. The van der Waals surface area contributed by atoms with Crippen LogP contribution in [0.2, 0.25) is 5.02 Å². The van der Waals surface area contributed by atoms with Crippen LogP contribution in [-0.4, -0.2) is 24.4 Å². The molecule has 2 amide bonds. The molecule has 7 heteroatoms. The summed E-state index contributed by atoms with van der Waals surface area (Å²) in [5.41, 5.74) is 2.07. The van der Waals surface area contributed by atoms with Crippen molar-refractivity contribution < 1.29 is 19.1 Å². The van der Waals surface area contributed by atoms with Gasteiger partial charge in [0.2, 0.25) is 5.91 Å². The second-order valence-corrected chi connectivity index (χ2v) is 5.99. The van der Waals surface area contributed by atoms with Crippen LogP contribution < -0.4 is 10.6 Å². The van der Waals surface area contributed by atoms with Gasteiger partial charge in [-0.15, -0.1) is 0 Å². The quantitative estimate of drug-likeness (QED) is 0.726. The summed E-state index contributed by atoms with van der Waals surface area (Å²) in [5, 5.41) is 5.78. The predicted octanol–water partition coefficient (Wildman–Crippen LogP) is 3.55. The number of benzene rings is 2. The van der Waals surface area contributed by atoms with E-state index in [1.807, 2.05) is 13.0 Å². The van der Waals surface area contributed by atoms with Gasteiger partial charge in [-0.3, -0.25) is 14.4 Å². The van der Waals surface area contributed by atoms with E-state index in [0.717, 1.165) is 5.56 Å². The highest BCUT2D eigenvalue weighted by molar-refractivity contribution is 6.31. The van der Waals surface area contributed by atoms with Crippen molar-refractivity contribution in [3.05, 3.63) is 59.1 Å². The fourth-order valence-electron chi connectivity index (χ4n) is 2.05. The van der Waals surface area contributed by atoms with E-state index in [9.17, 15) is 14.4 Å². The Labute approximate surface area is 156 Å². The third-order valence-electron chi connectivity index (χ3n) is 3.43. The van der Waals surface area contributed by atoms with Crippen LogP contribution in [0, 0.1) is 6.92 Å². The molecular weight excluding hydrogens is 356 g/mol. The molecule has 0 aliphatic heterocycles. The van der Waals surface area contributed by atoms with Crippen molar-refractivity contribution in [2.75, 3.05) is 17.2 Å². The van der Waals surface area contributed by atoms with Gasteiger partial charge in [0.05, 0.1) is 6.42 Å². The smallest absolute Gasteiger partial charge is 0.306 e. The minimum absolute atomic E-state index is 0.0249. The summed E-state index contributed by atoms with van der Waals surface area (Å²) < 4.78 is 4.87. The molecule has 2 aromatic carbocycles. The number of nitrogens with one attached hydrogen (secondary N) is 2. The summed E-state index contributed by atoms with van der Waals surface area (Å²) in [6.07, 6.45) is -0.134. The first-order valence-electron chi connectivity index (χ1n) is 8.00. The third kappa shape index (κ3) is 6.57. The molecule has 0 spiro atoms. The van der Waals surface area contributed by atoms with Crippen LogP contribution in [0.3, 0.4) is 0 Å². The van der Waals surface area contributed by atoms with Crippen molar-refractivity contribution in [3.8, 4) is 0 Å². The molecule has 6 nitrogen and oxygen atoms in total. The lowest BCUT2D eigenvalue weighted by atomic mass is 10.2. The van der Waals surface area contributed by atoms with Gasteiger partial charge in [0, 0.05) is 22.8 Å².